The lowest BCUT2D eigenvalue weighted by Crippen LogP contribution is -2.29. The summed E-state index contributed by atoms with van der Waals surface area (Å²) in [6.45, 7) is 0.366. The van der Waals surface area contributed by atoms with E-state index in [0.717, 1.165) is 17.0 Å². The van der Waals surface area contributed by atoms with Crippen molar-refractivity contribution in [2.24, 2.45) is 0 Å². The number of carbonyl (C=O) groups excluding carboxylic acids is 1. The lowest BCUT2D eigenvalue weighted by Gasteiger charge is -2.26. The Morgan fingerprint density at radius 1 is 1.40 bits per heavy atom. The fourth-order valence-corrected chi connectivity index (χ4v) is 2.46. The topological polar surface area (TPSA) is 49.8 Å². The minimum Gasteiger partial charge on any atom is -0.497 e. The number of aliphatic hydroxyl groups excluding tert-OH is 1. The van der Waals surface area contributed by atoms with Crippen LogP contribution < -0.4 is 4.74 Å². The van der Waals surface area contributed by atoms with Crippen molar-refractivity contribution in [2.75, 3.05) is 20.3 Å². The molecule has 0 unspecified atom stereocenters. The molecule has 1 aliphatic heterocycles. The van der Waals surface area contributed by atoms with E-state index >= 15 is 0 Å². The number of carbonyl (C=O) groups is 1. The highest BCUT2D eigenvalue weighted by atomic mass is 32.1. The zero-order valence-corrected chi connectivity index (χ0v) is 12.2. The number of methoxy groups -OCH3 is 1. The molecule has 4 nitrogen and oxygen atoms in total. The first-order chi connectivity index (χ1) is 9.65. The van der Waals surface area contributed by atoms with Crippen LogP contribution in [0, 0.1) is 0 Å². The Morgan fingerprint density at radius 3 is 2.90 bits per heavy atom. The maximum absolute atomic E-state index is 11.9. The predicted octanol–water partition coefficient (Wildman–Crippen LogP) is 2.02. The molecule has 0 atom stereocenters. The molecule has 0 fully saturated rings. The fraction of sp³-hybridized carbons (Fsp3) is 0.333. The summed E-state index contributed by atoms with van der Waals surface area (Å²) in [5.41, 5.74) is 1.58. The molecule has 0 bridgehead atoms. The summed E-state index contributed by atoms with van der Waals surface area (Å²) < 4.78 is 5.21. The molecular weight excluding hydrogens is 274 g/mol. The zero-order chi connectivity index (χ0) is 14.5. The summed E-state index contributed by atoms with van der Waals surface area (Å²) in [5.74, 6) is 0.764. The average Bonchev–Trinajstić information content (AvgIpc) is 2.61. The number of hydrogen-bond acceptors (Lipinski definition) is 4. The van der Waals surface area contributed by atoms with E-state index in [-0.39, 0.29) is 12.4 Å². The van der Waals surface area contributed by atoms with Crippen LogP contribution in [0.15, 0.2) is 30.3 Å². The SMILES string of the molecule is COc1cccc(C2=CC(=O)CCC(=S)N2CCO)c1. The molecule has 1 aromatic carbocycles. The Hall–Kier alpha value is -1.72. The highest BCUT2D eigenvalue weighted by Gasteiger charge is 2.21. The standard InChI is InChI=1S/C15H17NO3S/c1-19-13-4-2-3-11(9-13)14-10-12(18)5-6-15(20)16(14)7-8-17/h2-4,9-10,17H,5-8H2,1H3. The molecule has 1 aliphatic rings. The largest absolute Gasteiger partial charge is 0.497 e. The van der Waals surface area contributed by atoms with Crippen LogP contribution in [0.3, 0.4) is 0 Å². The number of hydrogen-bond donors (Lipinski definition) is 1. The van der Waals surface area contributed by atoms with Gasteiger partial charge in [-0.25, -0.2) is 0 Å². The third-order valence-corrected chi connectivity index (χ3v) is 3.59. The third kappa shape index (κ3) is 3.23. The Morgan fingerprint density at radius 2 is 2.20 bits per heavy atom. The molecule has 0 radical (unpaired) electrons. The maximum atomic E-state index is 11.9. The van der Waals surface area contributed by atoms with Crippen LogP contribution in [0.5, 0.6) is 5.75 Å². The van der Waals surface area contributed by atoms with Gasteiger partial charge in [-0.1, -0.05) is 24.4 Å². The minimum absolute atomic E-state index is 0.0182. The Bertz CT molecular complexity index is 554. The van der Waals surface area contributed by atoms with Crippen molar-refractivity contribution in [2.45, 2.75) is 12.8 Å². The average molecular weight is 291 g/mol. The summed E-state index contributed by atoms with van der Waals surface area (Å²) in [7, 11) is 1.60. The molecule has 0 aromatic heterocycles. The van der Waals surface area contributed by atoms with Gasteiger partial charge in [-0.3, -0.25) is 4.79 Å². The van der Waals surface area contributed by atoms with Gasteiger partial charge in [0.25, 0.3) is 0 Å². The maximum Gasteiger partial charge on any atom is 0.158 e. The van der Waals surface area contributed by atoms with Gasteiger partial charge in [0.2, 0.25) is 0 Å². The Labute approximate surface area is 123 Å². The van der Waals surface area contributed by atoms with E-state index in [2.05, 4.69) is 0 Å². The van der Waals surface area contributed by atoms with Crippen LogP contribution >= 0.6 is 12.2 Å². The quantitative estimate of drug-likeness (QED) is 0.860. The van der Waals surface area contributed by atoms with Crippen molar-refractivity contribution in [3.63, 3.8) is 0 Å². The first-order valence-corrected chi connectivity index (χ1v) is 6.86. The van der Waals surface area contributed by atoms with Crippen LogP contribution in [0.1, 0.15) is 18.4 Å². The van der Waals surface area contributed by atoms with Gasteiger partial charge in [-0.2, -0.15) is 0 Å². The molecule has 1 aromatic rings. The van der Waals surface area contributed by atoms with Crippen LogP contribution in [-0.2, 0) is 4.79 Å². The summed E-state index contributed by atoms with van der Waals surface area (Å²) in [4.78, 5) is 14.4. The Balaban J connectivity index is 2.45. The van der Waals surface area contributed by atoms with Gasteiger partial charge in [0, 0.05) is 31.0 Å². The molecule has 5 heteroatoms. The van der Waals surface area contributed by atoms with Gasteiger partial charge in [0.05, 0.1) is 24.4 Å². The number of rotatable bonds is 4. The number of allylic oxidation sites excluding steroid dienone is 1. The first kappa shape index (κ1) is 14.7. The van der Waals surface area contributed by atoms with Gasteiger partial charge >= 0.3 is 0 Å². The zero-order valence-electron chi connectivity index (χ0n) is 11.3. The van der Waals surface area contributed by atoms with Crippen molar-refractivity contribution in [1.29, 1.82) is 0 Å². The molecule has 0 saturated heterocycles. The van der Waals surface area contributed by atoms with E-state index in [0.29, 0.717) is 24.4 Å². The molecule has 0 aliphatic carbocycles. The number of benzene rings is 1. The molecule has 2 rings (SSSR count). The number of thiocarbonyl (C=S) groups is 1. The summed E-state index contributed by atoms with van der Waals surface area (Å²) >= 11 is 5.36. The molecule has 1 N–H and O–H groups in total. The van der Waals surface area contributed by atoms with Crippen LogP contribution in [-0.4, -0.2) is 41.0 Å². The first-order valence-electron chi connectivity index (χ1n) is 6.46. The number of ether oxygens (including phenoxy) is 1. The Kier molecular flexibility index (Phi) is 4.87. The van der Waals surface area contributed by atoms with Crippen molar-refractivity contribution in [1.82, 2.24) is 4.90 Å². The van der Waals surface area contributed by atoms with Crippen molar-refractivity contribution in [3.05, 3.63) is 35.9 Å². The lowest BCUT2D eigenvalue weighted by molar-refractivity contribution is -0.114. The summed E-state index contributed by atoms with van der Waals surface area (Å²) in [6.07, 6.45) is 2.55. The van der Waals surface area contributed by atoms with Crippen LogP contribution in [0.25, 0.3) is 5.70 Å². The second-order valence-electron chi connectivity index (χ2n) is 4.50. The number of β-amino-alcohol motifs (C(OH)–C–C–N with tert-alkyl or cyclic N) is 1. The van der Waals surface area contributed by atoms with Gasteiger partial charge in [0.15, 0.2) is 5.78 Å². The van der Waals surface area contributed by atoms with E-state index in [1.54, 1.807) is 13.2 Å². The monoisotopic (exact) mass is 291 g/mol. The number of aliphatic hydroxyl groups is 1. The fourth-order valence-electron chi connectivity index (χ4n) is 2.17. The van der Waals surface area contributed by atoms with Gasteiger partial charge in [-0.15, -0.1) is 0 Å². The lowest BCUT2D eigenvalue weighted by atomic mass is 10.1. The number of nitrogens with zero attached hydrogens (tertiary/aromatic N) is 1. The van der Waals surface area contributed by atoms with Gasteiger partial charge in [-0.05, 0) is 12.1 Å². The van der Waals surface area contributed by atoms with Crippen molar-refractivity contribution >= 4 is 28.7 Å². The second-order valence-corrected chi connectivity index (χ2v) is 4.97. The molecule has 1 heterocycles. The van der Waals surface area contributed by atoms with Gasteiger partial charge < -0.3 is 14.7 Å². The number of ketones is 1. The molecule has 106 valence electrons. The smallest absolute Gasteiger partial charge is 0.158 e. The van der Waals surface area contributed by atoms with Gasteiger partial charge in [0.1, 0.15) is 5.75 Å². The summed E-state index contributed by atoms with van der Waals surface area (Å²) in [5, 5.41) is 9.22. The second kappa shape index (κ2) is 6.63. The van der Waals surface area contributed by atoms with Crippen molar-refractivity contribution < 1.29 is 14.6 Å². The molecule has 0 spiro atoms. The van der Waals surface area contributed by atoms with Crippen LogP contribution in [0.4, 0.5) is 0 Å². The van der Waals surface area contributed by atoms with E-state index in [1.807, 2.05) is 29.2 Å². The molecule has 0 saturated carbocycles. The van der Waals surface area contributed by atoms with Crippen molar-refractivity contribution in [3.8, 4) is 5.75 Å². The molecular formula is C15H17NO3S. The van der Waals surface area contributed by atoms with E-state index < -0.39 is 0 Å². The predicted molar refractivity (Wildman–Crippen MR) is 81.6 cm³/mol. The van der Waals surface area contributed by atoms with E-state index in [4.69, 9.17) is 17.0 Å². The highest BCUT2D eigenvalue weighted by molar-refractivity contribution is 7.80. The normalized spacial score (nSPS) is 15.9. The minimum atomic E-state index is -0.0182. The molecule has 20 heavy (non-hydrogen) atoms. The summed E-state index contributed by atoms with van der Waals surface area (Å²) in [6, 6.07) is 7.47. The molecule has 0 amide bonds. The third-order valence-electron chi connectivity index (χ3n) is 3.16. The van der Waals surface area contributed by atoms with E-state index in [1.165, 1.54) is 0 Å². The highest BCUT2D eigenvalue weighted by Crippen LogP contribution is 2.27. The van der Waals surface area contributed by atoms with Crippen LogP contribution in [0.2, 0.25) is 0 Å². The van der Waals surface area contributed by atoms with E-state index in [9.17, 15) is 9.90 Å².